The lowest BCUT2D eigenvalue weighted by Crippen LogP contribution is -2.15. The van der Waals surface area contributed by atoms with E-state index in [1.807, 2.05) is 0 Å². The van der Waals surface area contributed by atoms with Crippen molar-refractivity contribution in [3.8, 4) is 11.5 Å². The Morgan fingerprint density at radius 1 is 1.13 bits per heavy atom. The van der Waals surface area contributed by atoms with E-state index in [1.165, 1.54) is 12.1 Å². The highest BCUT2D eigenvalue weighted by molar-refractivity contribution is 6.21. The van der Waals surface area contributed by atoms with Crippen LogP contribution >= 0.6 is 11.6 Å². The molecule has 15 heavy (non-hydrogen) atoms. The first-order valence-electron chi connectivity index (χ1n) is 4.50. The molecular weight excluding hydrogens is 226 g/mol. The summed E-state index contributed by atoms with van der Waals surface area (Å²) in [5, 5.41) is -1.30. The molecule has 0 aromatic heterocycles. The van der Waals surface area contributed by atoms with E-state index in [2.05, 4.69) is 0 Å². The second-order valence-electron chi connectivity index (χ2n) is 3.14. The summed E-state index contributed by atoms with van der Waals surface area (Å²) in [5.41, 5.74) is 0.343. The zero-order valence-corrected chi connectivity index (χ0v) is 8.51. The van der Waals surface area contributed by atoms with Gasteiger partial charge in [-0.2, -0.15) is 0 Å². The first-order chi connectivity index (χ1) is 7.18. The van der Waals surface area contributed by atoms with E-state index in [-0.39, 0.29) is 0 Å². The van der Waals surface area contributed by atoms with Gasteiger partial charge in [-0.3, -0.25) is 0 Å². The lowest BCUT2D eigenvalue weighted by Gasteiger charge is -2.19. The fraction of sp³-hybridized carbons (Fsp3) is 0.400. The van der Waals surface area contributed by atoms with Crippen LogP contribution in [0.3, 0.4) is 0 Å². The number of rotatable bonds is 2. The molecule has 0 aliphatic carbocycles. The second-order valence-corrected chi connectivity index (χ2v) is 3.61. The monoisotopic (exact) mass is 234 g/mol. The van der Waals surface area contributed by atoms with Crippen LogP contribution < -0.4 is 9.47 Å². The largest absolute Gasteiger partial charge is 0.486 e. The van der Waals surface area contributed by atoms with Crippen molar-refractivity contribution in [2.75, 3.05) is 13.2 Å². The van der Waals surface area contributed by atoms with Gasteiger partial charge in [0.15, 0.2) is 11.5 Å². The molecule has 1 atom stereocenters. The van der Waals surface area contributed by atoms with Crippen LogP contribution in [0.15, 0.2) is 18.2 Å². The maximum atomic E-state index is 12.3. The Labute approximate surface area is 90.7 Å². The van der Waals surface area contributed by atoms with Crippen molar-refractivity contribution >= 4 is 11.6 Å². The van der Waals surface area contributed by atoms with E-state index < -0.39 is 11.8 Å². The second kappa shape index (κ2) is 4.23. The van der Waals surface area contributed by atoms with Crippen LogP contribution in [0, 0.1) is 0 Å². The standard InChI is InChI=1S/C10H9ClF2O2/c11-9(10(12)13)6-1-2-7-8(5-6)15-4-3-14-7/h1-2,5,9-10H,3-4H2. The van der Waals surface area contributed by atoms with Crippen molar-refractivity contribution in [2.24, 2.45) is 0 Å². The molecule has 0 N–H and O–H groups in total. The molecule has 1 aromatic carbocycles. The van der Waals surface area contributed by atoms with Gasteiger partial charge in [-0.1, -0.05) is 6.07 Å². The number of benzene rings is 1. The minimum Gasteiger partial charge on any atom is -0.486 e. The van der Waals surface area contributed by atoms with Crippen LogP contribution in [0.5, 0.6) is 11.5 Å². The van der Waals surface area contributed by atoms with Gasteiger partial charge in [-0.25, -0.2) is 8.78 Å². The van der Waals surface area contributed by atoms with Gasteiger partial charge in [-0.05, 0) is 17.7 Å². The summed E-state index contributed by atoms with van der Waals surface area (Å²) in [4.78, 5) is 0. The van der Waals surface area contributed by atoms with E-state index >= 15 is 0 Å². The molecule has 0 amide bonds. The molecule has 0 spiro atoms. The van der Waals surface area contributed by atoms with E-state index in [1.54, 1.807) is 6.07 Å². The molecule has 0 radical (unpaired) electrons. The predicted molar refractivity (Wildman–Crippen MR) is 52.0 cm³/mol. The summed E-state index contributed by atoms with van der Waals surface area (Å²) in [5.74, 6) is 1.05. The van der Waals surface area contributed by atoms with Crippen LogP contribution in [-0.4, -0.2) is 19.6 Å². The number of halogens is 3. The number of hydrogen-bond donors (Lipinski definition) is 0. The molecule has 1 unspecified atom stereocenters. The van der Waals surface area contributed by atoms with Crippen LogP contribution in [-0.2, 0) is 0 Å². The van der Waals surface area contributed by atoms with Crippen molar-refractivity contribution in [2.45, 2.75) is 11.8 Å². The highest BCUT2D eigenvalue weighted by atomic mass is 35.5. The lowest BCUT2D eigenvalue weighted by atomic mass is 10.1. The number of fused-ring (bicyclic) bond motifs is 1. The molecule has 5 heteroatoms. The predicted octanol–water partition coefficient (Wildman–Crippen LogP) is 3.00. The molecule has 2 rings (SSSR count). The Hall–Kier alpha value is -1.03. The third kappa shape index (κ3) is 2.15. The molecule has 1 heterocycles. The van der Waals surface area contributed by atoms with E-state index in [4.69, 9.17) is 21.1 Å². The van der Waals surface area contributed by atoms with Gasteiger partial charge < -0.3 is 9.47 Å². The van der Waals surface area contributed by atoms with E-state index in [9.17, 15) is 8.78 Å². The van der Waals surface area contributed by atoms with Crippen LogP contribution in [0.4, 0.5) is 8.78 Å². The Kier molecular flexibility index (Phi) is 2.95. The quantitative estimate of drug-likeness (QED) is 0.733. The molecular formula is C10H9ClF2O2. The van der Waals surface area contributed by atoms with Crippen molar-refractivity contribution < 1.29 is 18.3 Å². The molecule has 0 bridgehead atoms. The highest BCUT2D eigenvalue weighted by Gasteiger charge is 2.21. The fourth-order valence-electron chi connectivity index (χ4n) is 1.38. The van der Waals surface area contributed by atoms with Crippen molar-refractivity contribution in [3.05, 3.63) is 23.8 Å². The maximum absolute atomic E-state index is 12.3. The SMILES string of the molecule is FC(F)C(Cl)c1ccc2c(c1)OCCO2. The molecule has 0 saturated carbocycles. The highest BCUT2D eigenvalue weighted by Crippen LogP contribution is 2.36. The summed E-state index contributed by atoms with van der Waals surface area (Å²) in [7, 11) is 0. The van der Waals surface area contributed by atoms with Gasteiger partial charge in [0.2, 0.25) is 0 Å². The van der Waals surface area contributed by atoms with Crippen molar-refractivity contribution in [3.63, 3.8) is 0 Å². The van der Waals surface area contributed by atoms with Crippen molar-refractivity contribution in [1.29, 1.82) is 0 Å². The number of ether oxygens (including phenoxy) is 2. The number of alkyl halides is 3. The summed E-state index contributed by atoms with van der Waals surface area (Å²) in [6.07, 6.45) is -2.59. The molecule has 1 aromatic rings. The van der Waals surface area contributed by atoms with Gasteiger partial charge in [0.1, 0.15) is 18.6 Å². The Balaban J connectivity index is 2.27. The van der Waals surface area contributed by atoms with Gasteiger partial charge in [-0.15, -0.1) is 11.6 Å². The van der Waals surface area contributed by atoms with Gasteiger partial charge >= 0.3 is 0 Å². The fourth-order valence-corrected chi connectivity index (χ4v) is 1.51. The topological polar surface area (TPSA) is 18.5 Å². The Morgan fingerprint density at radius 3 is 2.47 bits per heavy atom. The third-order valence-electron chi connectivity index (χ3n) is 2.11. The molecule has 0 fully saturated rings. The Morgan fingerprint density at radius 2 is 1.80 bits per heavy atom. The maximum Gasteiger partial charge on any atom is 0.258 e. The summed E-state index contributed by atoms with van der Waals surface area (Å²) in [6.45, 7) is 0.906. The van der Waals surface area contributed by atoms with Crippen LogP contribution in [0.2, 0.25) is 0 Å². The molecule has 82 valence electrons. The Bertz CT molecular complexity index is 357. The third-order valence-corrected chi connectivity index (χ3v) is 2.55. The van der Waals surface area contributed by atoms with Crippen LogP contribution in [0.1, 0.15) is 10.9 Å². The first-order valence-corrected chi connectivity index (χ1v) is 4.94. The van der Waals surface area contributed by atoms with E-state index in [0.717, 1.165) is 0 Å². The average molecular weight is 235 g/mol. The van der Waals surface area contributed by atoms with Gasteiger partial charge in [0.05, 0.1) is 0 Å². The molecule has 0 saturated heterocycles. The minimum atomic E-state index is -2.59. The minimum absolute atomic E-state index is 0.343. The van der Waals surface area contributed by atoms with Crippen LogP contribution in [0.25, 0.3) is 0 Å². The summed E-state index contributed by atoms with van der Waals surface area (Å²) >= 11 is 5.54. The van der Waals surface area contributed by atoms with Crippen molar-refractivity contribution in [1.82, 2.24) is 0 Å². The summed E-state index contributed by atoms with van der Waals surface area (Å²) in [6, 6.07) is 4.62. The average Bonchev–Trinajstić information content (AvgIpc) is 2.27. The zero-order valence-electron chi connectivity index (χ0n) is 7.75. The normalized spacial score (nSPS) is 16.5. The summed E-state index contributed by atoms with van der Waals surface area (Å²) < 4.78 is 35.2. The molecule has 2 nitrogen and oxygen atoms in total. The van der Waals surface area contributed by atoms with Gasteiger partial charge in [0.25, 0.3) is 6.43 Å². The molecule has 1 aliphatic heterocycles. The lowest BCUT2D eigenvalue weighted by molar-refractivity contribution is 0.142. The zero-order chi connectivity index (χ0) is 10.8. The van der Waals surface area contributed by atoms with E-state index in [0.29, 0.717) is 30.3 Å². The smallest absolute Gasteiger partial charge is 0.258 e. The van der Waals surface area contributed by atoms with Gasteiger partial charge in [0, 0.05) is 0 Å². The molecule has 1 aliphatic rings. The first kappa shape index (κ1) is 10.5. The number of hydrogen-bond acceptors (Lipinski definition) is 2.